The molecule has 0 saturated heterocycles. The lowest BCUT2D eigenvalue weighted by Gasteiger charge is -2.15. The molecular weight excluding hydrogens is 504 g/mol. The number of hydrogen-bond acceptors (Lipinski definition) is 5. The van der Waals surface area contributed by atoms with Crippen molar-refractivity contribution in [2.45, 2.75) is 13.5 Å². The third-order valence-corrected chi connectivity index (χ3v) is 6.67. The van der Waals surface area contributed by atoms with Gasteiger partial charge < -0.3 is 9.30 Å². The van der Waals surface area contributed by atoms with E-state index in [9.17, 15) is 14.4 Å². The third-order valence-electron chi connectivity index (χ3n) is 6.67. The van der Waals surface area contributed by atoms with Gasteiger partial charge in [-0.1, -0.05) is 66.7 Å². The summed E-state index contributed by atoms with van der Waals surface area (Å²) in [5.41, 5.74) is 1.70. The molecule has 0 atom stereocenters. The van der Waals surface area contributed by atoms with Crippen LogP contribution in [0.5, 0.6) is 0 Å². The van der Waals surface area contributed by atoms with Crippen LogP contribution >= 0.6 is 0 Å². The van der Waals surface area contributed by atoms with E-state index in [1.165, 1.54) is 10.5 Å². The highest BCUT2D eigenvalue weighted by Gasteiger charge is 2.20. The predicted octanol–water partition coefficient (Wildman–Crippen LogP) is 4.77. The van der Waals surface area contributed by atoms with Crippen LogP contribution in [0.3, 0.4) is 0 Å². The molecule has 6 rings (SSSR count). The number of nitrogens with zero attached hydrogens (tertiary/aromatic N) is 4. The Kier molecular flexibility index (Phi) is 6.49. The molecule has 0 saturated carbocycles. The average Bonchev–Trinajstić information content (AvgIpc) is 2.99. The van der Waals surface area contributed by atoms with Gasteiger partial charge in [-0.15, -0.1) is 0 Å². The molecule has 0 aliphatic rings. The van der Waals surface area contributed by atoms with E-state index in [2.05, 4.69) is 4.99 Å². The number of hydrogen-bond donors (Lipinski definition) is 0. The van der Waals surface area contributed by atoms with Crippen molar-refractivity contribution in [3.8, 4) is 0 Å². The molecule has 0 aliphatic heterocycles. The summed E-state index contributed by atoms with van der Waals surface area (Å²) in [4.78, 5) is 49.6. The molecule has 0 N–H and O–H groups in total. The van der Waals surface area contributed by atoms with E-state index in [1.54, 1.807) is 48.0 Å². The Morgan fingerprint density at radius 2 is 1.62 bits per heavy atom. The molecule has 0 fully saturated rings. The second-order valence-electron chi connectivity index (χ2n) is 9.24. The van der Waals surface area contributed by atoms with Gasteiger partial charge >= 0.3 is 5.97 Å². The first-order valence-corrected chi connectivity index (χ1v) is 12.9. The second-order valence-corrected chi connectivity index (χ2v) is 9.24. The largest absolute Gasteiger partial charge is 0.462 e. The quantitative estimate of drug-likeness (QED) is 0.237. The fourth-order valence-corrected chi connectivity index (χ4v) is 4.76. The maximum atomic E-state index is 13.6. The van der Waals surface area contributed by atoms with Crippen LogP contribution in [0.1, 0.15) is 33.2 Å². The lowest BCUT2D eigenvalue weighted by atomic mass is 10.1. The molecule has 0 aliphatic carbocycles. The van der Waals surface area contributed by atoms with Gasteiger partial charge in [0, 0.05) is 11.8 Å². The number of amides is 1. The first-order valence-electron chi connectivity index (χ1n) is 12.9. The zero-order valence-corrected chi connectivity index (χ0v) is 21.7. The number of ether oxygens (including phenoxy) is 1. The molecule has 3 heterocycles. The minimum Gasteiger partial charge on any atom is -0.462 e. The molecule has 3 aromatic carbocycles. The van der Waals surface area contributed by atoms with Gasteiger partial charge in [0.15, 0.2) is 5.49 Å². The Morgan fingerprint density at radius 3 is 2.42 bits per heavy atom. The highest BCUT2D eigenvalue weighted by Crippen LogP contribution is 2.17. The topological polar surface area (TPSA) is 95.0 Å². The summed E-state index contributed by atoms with van der Waals surface area (Å²) < 4.78 is 8.40. The molecule has 0 spiro atoms. The average molecular weight is 529 g/mol. The minimum atomic E-state index is -0.686. The van der Waals surface area contributed by atoms with Gasteiger partial charge in [-0.25, -0.2) is 9.78 Å². The summed E-state index contributed by atoms with van der Waals surface area (Å²) in [7, 11) is 0. The van der Waals surface area contributed by atoms with Crippen molar-refractivity contribution >= 4 is 39.3 Å². The van der Waals surface area contributed by atoms with Gasteiger partial charge in [-0.2, -0.15) is 4.99 Å². The summed E-state index contributed by atoms with van der Waals surface area (Å²) in [6.45, 7) is 2.02. The smallest absolute Gasteiger partial charge is 0.341 e. The van der Waals surface area contributed by atoms with E-state index in [1.807, 2.05) is 60.7 Å². The molecule has 0 radical (unpaired) electrons. The summed E-state index contributed by atoms with van der Waals surface area (Å²) in [5.74, 6) is -1.22. The SMILES string of the molecule is CCOC(=O)c1cc2c(=O)n3ccccc3nc2n(Cc2ccccc2)c1=NC(=O)c1ccc2ccccc2c1. The van der Waals surface area contributed by atoms with Crippen molar-refractivity contribution in [3.05, 3.63) is 136 Å². The van der Waals surface area contributed by atoms with Crippen molar-refractivity contribution in [2.75, 3.05) is 6.61 Å². The standard InChI is InChI=1S/C32H24N4O4/c1-2-40-32(39)26-19-25-28(33-27-14-8-9-17-35(27)31(25)38)36(20-21-10-4-3-5-11-21)29(26)34-30(37)24-16-15-22-12-6-7-13-23(22)18-24/h3-19H,2,20H2,1H3. The highest BCUT2D eigenvalue weighted by molar-refractivity contribution is 6.00. The number of esters is 1. The Balaban J connectivity index is 1.68. The minimum absolute atomic E-state index is 0.00852. The first kappa shape index (κ1) is 24.9. The van der Waals surface area contributed by atoms with Crippen LogP contribution in [0, 0.1) is 0 Å². The molecule has 3 aromatic heterocycles. The first-order chi connectivity index (χ1) is 19.5. The fraction of sp³-hybridized carbons (Fsp3) is 0.0938. The van der Waals surface area contributed by atoms with Gasteiger partial charge in [0.1, 0.15) is 16.9 Å². The van der Waals surface area contributed by atoms with E-state index >= 15 is 0 Å². The molecular formula is C32H24N4O4. The van der Waals surface area contributed by atoms with Crippen molar-refractivity contribution in [3.63, 3.8) is 0 Å². The second kappa shape index (κ2) is 10.4. The van der Waals surface area contributed by atoms with Crippen LogP contribution in [-0.2, 0) is 11.3 Å². The fourth-order valence-electron chi connectivity index (χ4n) is 4.76. The number of aromatic nitrogens is 3. The third kappa shape index (κ3) is 4.56. The van der Waals surface area contributed by atoms with Gasteiger partial charge in [0.2, 0.25) is 0 Å². The molecule has 40 heavy (non-hydrogen) atoms. The Hall–Kier alpha value is -5.37. The van der Waals surface area contributed by atoms with Crippen molar-refractivity contribution in [1.29, 1.82) is 0 Å². The summed E-state index contributed by atoms with van der Waals surface area (Å²) in [6.07, 6.45) is 1.62. The number of carbonyl (C=O) groups excluding carboxylic acids is 2. The molecule has 1 amide bonds. The van der Waals surface area contributed by atoms with E-state index in [0.29, 0.717) is 16.9 Å². The highest BCUT2D eigenvalue weighted by atomic mass is 16.5. The van der Waals surface area contributed by atoms with Crippen molar-refractivity contribution in [2.24, 2.45) is 4.99 Å². The molecule has 0 unspecified atom stereocenters. The maximum Gasteiger partial charge on any atom is 0.341 e. The molecule has 196 valence electrons. The number of rotatable bonds is 5. The van der Waals surface area contributed by atoms with E-state index in [4.69, 9.17) is 9.72 Å². The van der Waals surface area contributed by atoms with Crippen LogP contribution in [0.25, 0.3) is 27.5 Å². The zero-order valence-electron chi connectivity index (χ0n) is 21.7. The van der Waals surface area contributed by atoms with Gasteiger partial charge in [-0.3, -0.25) is 14.0 Å². The Bertz CT molecular complexity index is 2060. The zero-order chi connectivity index (χ0) is 27.6. The molecule has 8 nitrogen and oxygen atoms in total. The predicted molar refractivity (Wildman–Crippen MR) is 152 cm³/mol. The Labute approximate surface area is 228 Å². The van der Waals surface area contributed by atoms with Crippen molar-refractivity contribution in [1.82, 2.24) is 14.0 Å². The summed E-state index contributed by atoms with van der Waals surface area (Å²) in [6, 6.07) is 29.2. The number of fused-ring (bicyclic) bond motifs is 3. The lowest BCUT2D eigenvalue weighted by Crippen LogP contribution is -2.33. The monoisotopic (exact) mass is 528 g/mol. The number of carbonyl (C=O) groups is 2. The van der Waals surface area contributed by atoms with E-state index < -0.39 is 11.9 Å². The maximum absolute atomic E-state index is 13.6. The molecule has 0 bridgehead atoms. The van der Waals surface area contributed by atoms with Gasteiger partial charge in [-0.05, 0) is 53.6 Å². The van der Waals surface area contributed by atoms with Crippen LogP contribution in [0.4, 0.5) is 0 Å². The van der Waals surface area contributed by atoms with Gasteiger partial charge in [0.25, 0.3) is 11.5 Å². The lowest BCUT2D eigenvalue weighted by molar-refractivity contribution is 0.0523. The normalized spacial score (nSPS) is 11.8. The summed E-state index contributed by atoms with van der Waals surface area (Å²) in [5, 5.41) is 2.10. The number of pyridine rings is 2. The van der Waals surface area contributed by atoms with Crippen molar-refractivity contribution < 1.29 is 14.3 Å². The van der Waals surface area contributed by atoms with Crippen LogP contribution < -0.4 is 11.0 Å². The van der Waals surface area contributed by atoms with Crippen LogP contribution in [0.2, 0.25) is 0 Å². The van der Waals surface area contributed by atoms with Gasteiger partial charge in [0.05, 0.1) is 18.5 Å². The molecule has 8 heteroatoms. The summed E-state index contributed by atoms with van der Waals surface area (Å²) >= 11 is 0. The van der Waals surface area contributed by atoms with E-state index in [0.717, 1.165) is 16.3 Å². The van der Waals surface area contributed by atoms with E-state index in [-0.39, 0.29) is 35.1 Å². The van der Waals surface area contributed by atoms with Crippen LogP contribution in [-0.4, -0.2) is 32.4 Å². The van der Waals surface area contributed by atoms with Crippen LogP contribution in [0.15, 0.2) is 113 Å². The number of benzene rings is 3. The Morgan fingerprint density at radius 1 is 0.875 bits per heavy atom. The molecule has 6 aromatic rings.